The average Bonchev–Trinajstić information content (AvgIpc) is 3.07. The summed E-state index contributed by atoms with van der Waals surface area (Å²) in [5.41, 5.74) is 1.24. The van der Waals surface area contributed by atoms with Crippen molar-refractivity contribution in [2.24, 2.45) is 5.92 Å². The number of hydrogen-bond acceptors (Lipinski definition) is 5. The fourth-order valence-electron chi connectivity index (χ4n) is 2.99. The summed E-state index contributed by atoms with van der Waals surface area (Å²) in [4.78, 5) is 12.2. The van der Waals surface area contributed by atoms with Gasteiger partial charge in [-0.1, -0.05) is 37.6 Å². The maximum absolute atomic E-state index is 12.2. The van der Waals surface area contributed by atoms with Crippen molar-refractivity contribution >= 4 is 6.09 Å². The SMILES string of the molecule is CC(C)CNCC(O)[C@H](CC1=CC=CCC1)NC(=O)OC1CCOC1. The van der Waals surface area contributed by atoms with Gasteiger partial charge >= 0.3 is 6.09 Å². The lowest BCUT2D eigenvalue weighted by Gasteiger charge is -2.26. The van der Waals surface area contributed by atoms with E-state index in [0.29, 0.717) is 32.1 Å². The number of allylic oxidation sites excluding steroid dienone is 3. The Morgan fingerprint density at radius 1 is 1.44 bits per heavy atom. The minimum absolute atomic E-state index is 0.186. The van der Waals surface area contributed by atoms with E-state index in [-0.39, 0.29) is 12.1 Å². The van der Waals surface area contributed by atoms with Gasteiger partial charge in [-0.25, -0.2) is 4.79 Å². The van der Waals surface area contributed by atoms with E-state index in [0.717, 1.165) is 25.8 Å². The summed E-state index contributed by atoms with van der Waals surface area (Å²) in [6.07, 6.45) is 8.23. The van der Waals surface area contributed by atoms with Gasteiger partial charge in [0.15, 0.2) is 0 Å². The lowest BCUT2D eigenvalue weighted by Crippen LogP contribution is -2.48. The van der Waals surface area contributed by atoms with Crippen LogP contribution in [0.1, 0.15) is 39.5 Å². The molecule has 0 aromatic rings. The standard InChI is InChI=1S/C19H32N2O4/c1-14(2)11-20-12-18(22)17(10-15-6-4-3-5-7-15)21-19(23)25-16-8-9-24-13-16/h3-4,6,14,16-18,20,22H,5,7-13H2,1-2H3,(H,21,23)/t16?,17-,18?/m0/s1. The molecule has 1 aliphatic carbocycles. The summed E-state index contributed by atoms with van der Waals surface area (Å²) in [7, 11) is 0. The van der Waals surface area contributed by atoms with E-state index in [9.17, 15) is 9.90 Å². The summed E-state index contributed by atoms with van der Waals surface area (Å²) < 4.78 is 10.6. The molecular formula is C19H32N2O4. The number of aliphatic hydroxyl groups is 1. The molecule has 2 rings (SSSR count). The number of carbonyl (C=O) groups excluding carboxylic acids is 1. The fraction of sp³-hybridized carbons (Fsp3) is 0.737. The Bertz CT molecular complexity index is 470. The maximum Gasteiger partial charge on any atom is 0.407 e. The number of carbonyl (C=O) groups is 1. The highest BCUT2D eigenvalue weighted by molar-refractivity contribution is 5.68. The molecule has 1 aliphatic heterocycles. The average molecular weight is 352 g/mol. The van der Waals surface area contributed by atoms with Gasteiger partial charge in [0.25, 0.3) is 0 Å². The highest BCUT2D eigenvalue weighted by atomic mass is 16.6. The van der Waals surface area contributed by atoms with Gasteiger partial charge in [0.1, 0.15) is 6.10 Å². The Morgan fingerprint density at radius 2 is 2.28 bits per heavy atom. The number of aliphatic hydroxyl groups excluding tert-OH is 1. The van der Waals surface area contributed by atoms with Crippen LogP contribution in [0.4, 0.5) is 4.79 Å². The Kier molecular flexibility index (Phi) is 8.44. The number of ether oxygens (including phenoxy) is 2. The number of hydrogen-bond donors (Lipinski definition) is 3. The van der Waals surface area contributed by atoms with E-state index in [1.807, 2.05) is 6.08 Å². The predicted molar refractivity (Wildman–Crippen MR) is 97.4 cm³/mol. The van der Waals surface area contributed by atoms with Gasteiger partial charge in [0.2, 0.25) is 0 Å². The largest absolute Gasteiger partial charge is 0.444 e. The molecule has 1 fully saturated rings. The summed E-state index contributed by atoms with van der Waals surface area (Å²) in [5.74, 6) is 0.511. The van der Waals surface area contributed by atoms with Gasteiger partial charge in [0.05, 0.1) is 25.4 Å². The maximum atomic E-state index is 12.2. The van der Waals surface area contributed by atoms with Crippen LogP contribution in [0.3, 0.4) is 0 Å². The van der Waals surface area contributed by atoms with Crippen molar-refractivity contribution in [3.8, 4) is 0 Å². The zero-order valence-electron chi connectivity index (χ0n) is 15.4. The highest BCUT2D eigenvalue weighted by Crippen LogP contribution is 2.19. The second-order valence-electron chi connectivity index (χ2n) is 7.26. The lowest BCUT2D eigenvalue weighted by atomic mass is 9.95. The molecule has 0 radical (unpaired) electrons. The fourth-order valence-corrected chi connectivity index (χ4v) is 2.99. The number of alkyl carbamates (subject to hydrolysis) is 1. The first-order valence-electron chi connectivity index (χ1n) is 9.33. The summed E-state index contributed by atoms with van der Waals surface area (Å²) in [5, 5.41) is 16.7. The van der Waals surface area contributed by atoms with Crippen molar-refractivity contribution in [1.82, 2.24) is 10.6 Å². The van der Waals surface area contributed by atoms with Crippen LogP contribution in [0.5, 0.6) is 0 Å². The van der Waals surface area contributed by atoms with Crippen LogP contribution >= 0.6 is 0 Å². The van der Waals surface area contributed by atoms with E-state index in [4.69, 9.17) is 9.47 Å². The Hall–Kier alpha value is -1.37. The normalized spacial score (nSPS) is 22.6. The molecule has 1 amide bonds. The second-order valence-corrected chi connectivity index (χ2v) is 7.26. The number of amides is 1. The molecule has 3 atom stereocenters. The van der Waals surface area contributed by atoms with Crippen LogP contribution < -0.4 is 10.6 Å². The minimum Gasteiger partial charge on any atom is -0.444 e. The Balaban J connectivity index is 1.88. The van der Waals surface area contributed by atoms with Crippen LogP contribution in [-0.2, 0) is 9.47 Å². The molecule has 0 saturated carbocycles. The van der Waals surface area contributed by atoms with Gasteiger partial charge in [-0.3, -0.25) is 0 Å². The molecule has 6 nitrogen and oxygen atoms in total. The Morgan fingerprint density at radius 3 is 2.92 bits per heavy atom. The van der Waals surface area contributed by atoms with Gasteiger partial charge in [0, 0.05) is 13.0 Å². The van der Waals surface area contributed by atoms with Crippen LogP contribution in [0, 0.1) is 5.92 Å². The highest BCUT2D eigenvalue weighted by Gasteiger charge is 2.26. The monoisotopic (exact) mass is 352 g/mol. The molecule has 6 heteroatoms. The molecule has 2 aliphatic rings. The quantitative estimate of drug-likeness (QED) is 0.592. The second kappa shape index (κ2) is 10.6. The predicted octanol–water partition coefficient (Wildman–Crippen LogP) is 2.14. The molecule has 3 N–H and O–H groups in total. The van der Waals surface area contributed by atoms with E-state index < -0.39 is 12.2 Å². The van der Waals surface area contributed by atoms with Crippen molar-refractivity contribution in [1.29, 1.82) is 0 Å². The van der Waals surface area contributed by atoms with E-state index in [1.165, 1.54) is 5.57 Å². The zero-order chi connectivity index (χ0) is 18.1. The molecule has 1 heterocycles. The number of nitrogens with one attached hydrogen (secondary N) is 2. The summed E-state index contributed by atoms with van der Waals surface area (Å²) in [6, 6.07) is -0.368. The molecule has 142 valence electrons. The first-order chi connectivity index (χ1) is 12.0. The molecule has 2 unspecified atom stereocenters. The zero-order valence-corrected chi connectivity index (χ0v) is 15.4. The summed E-state index contributed by atoms with van der Waals surface area (Å²) >= 11 is 0. The van der Waals surface area contributed by atoms with Gasteiger partial charge in [-0.15, -0.1) is 0 Å². The third-order valence-electron chi connectivity index (χ3n) is 4.42. The molecular weight excluding hydrogens is 320 g/mol. The minimum atomic E-state index is -0.669. The topological polar surface area (TPSA) is 79.8 Å². The number of rotatable bonds is 9. The first-order valence-corrected chi connectivity index (χ1v) is 9.33. The smallest absolute Gasteiger partial charge is 0.407 e. The van der Waals surface area contributed by atoms with Crippen LogP contribution in [0.2, 0.25) is 0 Å². The van der Waals surface area contributed by atoms with Crippen molar-refractivity contribution in [3.63, 3.8) is 0 Å². The molecule has 25 heavy (non-hydrogen) atoms. The molecule has 1 saturated heterocycles. The third kappa shape index (κ3) is 7.59. The van der Waals surface area contributed by atoms with Crippen LogP contribution in [-0.4, -0.2) is 55.8 Å². The van der Waals surface area contributed by atoms with E-state index in [2.05, 4.69) is 36.6 Å². The van der Waals surface area contributed by atoms with E-state index in [1.54, 1.807) is 0 Å². The first kappa shape index (κ1) is 19.9. The van der Waals surface area contributed by atoms with Crippen molar-refractivity contribution < 1.29 is 19.4 Å². The van der Waals surface area contributed by atoms with Crippen LogP contribution in [0.15, 0.2) is 23.8 Å². The molecule has 0 bridgehead atoms. The van der Waals surface area contributed by atoms with Crippen molar-refractivity contribution in [2.45, 2.75) is 57.8 Å². The molecule has 0 spiro atoms. The summed E-state index contributed by atoms with van der Waals surface area (Å²) in [6.45, 7) is 6.59. The van der Waals surface area contributed by atoms with Crippen LogP contribution in [0.25, 0.3) is 0 Å². The van der Waals surface area contributed by atoms with Gasteiger partial charge in [-0.05, 0) is 31.7 Å². The third-order valence-corrected chi connectivity index (χ3v) is 4.42. The molecule has 0 aromatic carbocycles. The Labute approximate surface area is 150 Å². The van der Waals surface area contributed by atoms with Gasteiger partial charge in [-0.2, -0.15) is 0 Å². The molecule has 0 aromatic heterocycles. The van der Waals surface area contributed by atoms with Crippen molar-refractivity contribution in [2.75, 3.05) is 26.3 Å². The lowest BCUT2D eigenvalue weighted by molar-refractivity contribution is 0.0687. The van der Waals surface area contributed by atoms with Gasteiger partial charge < -0.3 is 25.2 Å². The van der Waals surface area contributed by atoms with E-state index >= 15 is 0 Å². The van der Waals surface area contributed by atoms with Crippen molar-refractivity contribution in [3.05, 3.63) is 23.8 Å².